The number of amides is 1. The zero-order chi connectivity index (χ0) is 16.3. The Kier molecular flexibility index (Phi) is 9.44. The quantitative estimate of drug-likeness (QED) is 0.366. The minimum Gasteiger partial charge on any atom is -0.356 e. The van der Waals surface area contributed by atoms with Crippen LogP contribution in [0, 0.1) is 0 Å². The number of aliphatic imine (C=N–C) groups is 1. The van der Waals surface area contributed by atoms with E-state index in [4.69, 9.17) is 0 Å². The molecule has 0 radical (unpaired) electrons. The molecule has 0 saturated heterocycles. The molecule has 0 aliphatic carbocycles. The Morgan fingerprint density at radius 3 is 2.50 bits per heavy atom. The van der Waals surface area contributed by atoms with Gasteiger partial charge in [-0.05, 0) is 24.3 Å². The summed E-state index contributed by atoms with van der Waals surface area (Å²) in [6, 6.07) is 15.2. The van der Waals surface area contributed by atoms with Gasteiger partial charge in [-0.1, -0.05) is 24.3 Å². The zero-order valence-corrected chi connectivity index (χ0v) is 15.9. The van der Waals surface area contributed by atoms with Crippen LogP contribution in [-0.2, 0) is 11.2 Å². The summed E-state index contributed by atoms with van der Waals surface area (Å²) in [6.45, 7) is 0.842. The van der Waals surface area contributed by atoms with Crippen molar-refractivity contribution in [3.63, 3.8) is 0 Å². The largest absolute Gasteiger partial charge is 0.356 e. The number of hydrogen-bond donors (Lipinski definition) is 3. The molecular formula is C17H22IN5O. The highest BCUT2D eigenvalue weighted by atomic mass is 127. The van der Waals surface area contributed by atoms with Crippen LogP contribution >= 0.6 is 24.0 Å². The Morgan fingerprint density at radius 2 is 1.83 bits per heavy atom. The molecule has 6 nitrogen and oxygen atoms in total. The van der Waals surface area contributed by atoms with Gasteiger partial charge < -0.3 is 16.0 Å². The molecule has 0 aliphatic heterocycles. The molecule has 0 bridgehead atoms. The van der Waals surface area contributed by atoms with Gasteiger partial charge in [0, 0.05) is 37.6 Å². The third-order valence-corrected chi connectivity index (χ3v) is 3.10. The normalized spacial score (nSPS) is 10.5. The number of guanidine groups is 1. The van der Waals surface area contributed by atoms with Crippen molar-refractivity contribution in [1.82, 2.24) is 15.6 Å². The molecular weight excluding hydrogens is 417 g/mol. The first kappa shape index (κ1) is 19.9. The van der Waals surface area contributed by atoms with E-state index in [1.54, 1.807) is 13.2 Å². The first-order valence-electron chi connectivity index (χ1n) is 7.47. The summed E-state index contributed by atoms with van der Waals surface area (Å²) in [5, 5.41) is 8.95. The zero-order valence-electron chi connectivity index (χ0n) is 13.5. The Labute approximate surface area is 159 Å². The van der Waals surface area contributed by atoms with Crippen molar-refractivity contribution in [2.24, 2.45) is 4.99 Å². The number of carbonyl (C=O) groups excluding carboxylic acids is 1. The van der Waals surface area contributed by atoms with Crippen LogP contribution in [0.15, 0.2) is 59.7 Å². The number of anilines is 1. The molecule has 0 saturated carbocycles. The molecule has 2 aromatic rings. The SMILES string of the molecule is CN=C(NCCc1ccccn1)NCC(=O)Nc1ccccc1.I. The topological polar surface area (TPSA) is 78.4 Å². The molecule has 0 atom stereocenters. The molecule has 0 unspecified atom stereocenters. The monoisotopic (exact) mass is 439 g/mol. The average Bonchev–Trinajstić information content (AvgIpc) is 2.59. The second kappa shape index (κ2) is 11.4. The van der Waals surface area contributed by atoms with Crippen LogP contribution in [0.4, 0.5) is 5.69 Å². The fraction of sp³-hybridized carbons (Fsp3) is 0.235. The number of rotatable bonds is 6. The third kappa shape index (κ3) is 7.40. The summed E-state index contributed by atoms with van der Waals surface area (Å²) in [6.07, 6.45) is 2.56. The van der Waals surface area contributed by atoms with Crippen LogP contribution in [0.3, 0.4) is 0 Å². The maximum absolute atomic E-state index is 11.9. The van der Waals surface area contributed by atoms with Crippen molar-refractivity contribution < 1.29 is 4.79 Å². The van der Waals surface area contributed by atoms with E-state index in [1.165, 1.54) is 0 Å². The molecule has 1 aromatic carbocycles. The van der Waals surface area contributed by atoms with Gasteiger partial charge in [-0.3, -0.25) is 14.8 Å². The van der Waals surface area contributed by atoms with Gasteiger partial charge in [-0.25, -0.2) is 0 Å². The number of halogens is 1. The van der Waals surface area contributed by atoms with E-state index < -0.39 is 0 Å². The minimum absolute atomic E-state index is 0. The van der Waals surface area contributed by atoms with Crippen molar-refractivity contribution >= 4 is 41.5 Å². The van der Waals surface area contributed by atoms with E-state index >= 15 is 0 Å². The molecule has 1 amide bonds. The molecule has 24 heavy (non-hydrogen) atoms. The molecule has 128 valence electrons. The van der Waals surface area contributed by atoms with Crippen molar-refractivity contribution in [1.29, 1.82) is 0 Å². The lowest BCUT2D eigenvalue weighted by Crippen LogP contribution is -2.42. The highest BCUT2D eigenvalue weighted by Crippen LogP contribution is 2.03. The van der Waals surface area contributed by atoms with E-state index in [1.807, 2.05) is 48.5 Å². The highest BCUT2D eigenvalue weighted by Gasteiger charge is 2.04. The van der Waals surface area contributed by atoms with Gasteiger partial charge in [0.1, 0.15) is 0 Å². The summed E-state index contributed by atoms with van der Waals surface area (Å²) in [5.41, 5.74) is 1.79. The Bertz CT molecular complexity index is 634. The number of pyridine rings is 1. The molecule has 3 N–H and O–H groups in total. The highest BCUT2D eigenvalue weighted by molar-refractivity contribution is 14.0. The Hall–Kier alpha value is -2.16. The number of hydrogen-bond acceptors (Lipinski definition) is 3. The minimum atomic E-state index is -0.121. The van der Waals surface area contributed by atoms with Gasteiger partial charge in [0.15, 0.2) is 5.96 Å². The summed E-state index contributed by atoms with van der Waals surface area (Å²) in [7, 11) is 1.67. The molecule has 7 heteroatoms. The molecule has 0 fully saturated rings. The molecule has 0 spiro atoms. The summed E-state index contributed by atoms with van der Waals surface area (Å²) >= 11 is 0. The van der Waals surface area contributed by atoms with Gasteiger partial charge >= 0.3 is 0 Å². The van der Waals surface area contributed by atoms with Crippen molar-refractivity contribution in [2.75, 3.05) is 25.5 Å². The number of benzene rings is 1. The second-order valence-corrected chi connectivity index (χ2v) is 4.84. The fourth-order valence-electron chi connectivity index (χ4n) is 1.97. The maximum Gasteiger partial charge on any atom is 0.243 e. The molecule has 2 rings (SSSR count). The number of carbonyl (C=O) groups is 1. The van der Waals surface area contributed by atoms with Crippen LogP contribution in [0.25, 0.3) is 0 Å². The Balaban J connectivity index is 0.00000288. The predicted molar refractivity (Wildman–Crippen MR) is 108 cm³/mol. The van der Waals surface area contributed by atoms with E-state index in [9.17, 15) is 4.79 Å². The van der Waals surface area contributed by atoms with Crippen LogP contribution in [0.5, 0.6) is 0 Å². The lowest BCUT2D eigenvalue weighted by Gasteiger charge is -2.11. The number of nitrogens with zero attached hydrogens (tertiary/aromatic N) is 2. The smallest absolute Gasteiger partial charge is 0.243 e. The number of nitrogens with one attached hydrogen (secondary N) is 3. The van der Waals surface area contributed by atoms with E-state index in [0.29, 0.717) is 12.5 Å². The maximum atomic E-state index is 11.9. The standard InChI is InChI=1S/C17H21N5O.HI/c1-18-17(20-12-10-14-7-5-6-11-19-14)21-13-16(23)22-15-8-3-2-4-9-15;/h2-9,11H,10,12-13H2,1H3,(H,22,23)(H2,18,20,21);1H. The van der Waals surface area contributed by atoms with Gasteiger partial charge in [-0.15, -0.1) is 24.0 Å². The molecule has 0 aliphatic rings. The van der Waals surface area contributed by atoms with Crippen LogP contribution in [-0.4, -0.2) is 37.0 Å². The lowest BCUT2D eigenvalue weighted by atomic mass is 10.3. The van der Waals surface area contributed by atoms with E-state index in [0.717, 1.165) is 17.8 Å². The Morgan fingerprint density at radius 1 is 1.08 bits per heavy atom. The predicted octanol–water partition coefficient (Wildman–Crippen LogP) is 2.05. The van der Waals surface area contributed by atoms with Crippen molar-refractivity contribution in [3.05, 3.63) is 60.4 Å². The molecule has 1 heterocycles. The first-order valence-corrected chi connectivity index (χ1v) is 7.47. The van der Waals surface area contributed by atoms with Crippen LogP contribution in [0.1, 0.15) is 5.69 Å². The summed E-state index contributed by atoms with van der Waals surface area (Å²) in [4.78, 5) is 20.2. The van der Waals surface area contributed by atoms with Gasteiger partial charge in [0.2, 0.25) is 5.91 Å². The van der Waals surface area contributed by atoms with Gasteiger partial charge in [0.05, 0.1) is 6.54 Å². The first-order chi connectivity index (χ1) is 11.3. The van der Waals surface area contributed by atoms with Crippen LogP contribution in [0.2, 0.25) is 0 Å². The van der Waals surface area contributed by atoms with E-state index in [-0.39, 0.29) is 36.4 Å². The summed E-state index contributed by atoms with van der Waals surface area (Å²) in [5.74, 6) is 0.466. The van der Waals surface area contributed by atoms with Gasteiger partial charge in [0.25, 0.3) is 0 Å². The second-order valence-electron chi connectivity index (χ2n) is 4.84. The molecule has 1 aromatic heterocycles. The third-order valence-electron chi connectivity index (χ3n) is 3.10. The van der Waals surface area contributed by atoms with Gasteiger partial charge in [-0.2, -0.15) is 0 Å². The summed E-state index contributed by atoms with van der Waals surface area (Å²) < 4.78 is 0. The fourth-order valence-corrected chi connectivity index (χ4v) is 1.97. The van der Waals surface area contributed by atoms with Crippen LogP contribution < -0.4 is 16.0 Å². The average molecular weight is 439 g/mol. The van der Waals surface area contributed by atoms with Crippen molar-refractivity contribution in [3.8, 4) is 0 Å². The van der Waals surface area contributed by atoms with E-state index in [2.05, 4.69) is 25.9 Å². The number of para-hydroxylation sites is 1. The lowest BCUT2D eigenvalue weighted by molar-refractivity contribution is -0.115. The number of aromatic nitrogens is 1. The van der Waals surface area contributed by atoms with Crippen molar-refractivity contribution in [2.45, 2.75) is 6.42 Å².